The molecule has 0 atom stereocenters. The van der Waals surface area contributed by atoms with Gasteiger partial charge in [0, 0.05) is 71.6 Å². The van der Waals surface area contributed by atoms with Gasteiger partial charge in [-0.05, 0) is 156 Å². The summed E-state index contributed by atoms with van der Waals surface area (Å²) in [6.45, 7) is 16.3. The smallest absolute Gasteiger partial charge is 0.154 e. The van der Waals surface area contributed by atoms with Crippen molar-refractivity contribution in [3.63, 3.8) is 0 Å². The summed E-state index contributed by atoms with van der Waals surface area (Å²) in [5, 5.41) is 35.7. The molecule has 0 unspecified atom stereocenters. The lowest BCUT2D eigenvalue weighted by atomic mass is 10.1. The van der Waals surface area contributed by atoms with E-state index in [2.05, 4.69) is 109 Å². The van der Waals surface area contributed by atoms with Crippen LogP contribution in [0.15, 0.2) is 207 Å². The van der Waals surface area contributed by atoms with Crippen LogP contribution < -0.4 is 51.6 Å². The SMILES string of the molecule is Cc1ccc2c(N)nccc2c1.Cc1ccc2c(N)ncnc2c1.Cc1ccc2c(N)nnc(N)c2c1.Cc1ccc2c(N)nncc2c1.Cc1ccc2ccc(N)nc2c1.Cc1ccc2ccnc(N)c2c1.Cc1ccc2cnnc(N)c2c1.Cc1ccc2ncnc(N)c2c1. The van der Waals surface area contributed by atoms with Crippen LogP contribution in [-0.4, -0.2) is 65.5 Å². The van der Waals surface area contributed by atoms with Crippen LogP contribution in [0.5, 0.6) is 0 Å². The van der Waals surface area contributed by atoms with Gasteiger partial charge in [0.25, 0.3) is 0 Å². The fourth-order valence-corrected chi connectivity index (χ4v) is 10.00. The number of benzene rings is 8. The predicted molar refractivity (Wildman–Crippen MR) is 401 cm³/mol. The second-order valence-corrected chi connectivity index (χ2v) is 23.0. The number of aryl methyl sites for hydroxylation is 8. The van der Waals surface area contributed by atoms with E-state index in [4.69, 9.17) is 51.6 Å². The standard InChI is InChI=1S/3C10H10N2.C9H10N4.4C9H9N3/c1-7-2-3-9-8(6-7)4-5-12-10(9)11;1-7-2-3-8-4-5-12-10(11)9(8)6-7;1-7-2-3-8-4-5-10(11)12-9(8)6-7;1-5-2-3-6-7(4-5)9(11)13-12-8(6)10;1-6-2-3-8-7(4-6)9(10)12-5-11-8;1-6-2-3-8-7(4-6)5-11-12-9(8)10;1-6-2-3-7-8(4-6)11-5-12-9(7)10;1-6-2-3-7-5-11-12-9(10)8(7)4-6/h3*2-6H,1H3,(H2,11,12);2-4H,1H3,(H2,10,12)(H2,11,13);2-5H,1H3,(H2,10,11,12);2-5H,1H3,(H2,10,12);2-5H,1H3,(H2,10,11,12);2-5H,1H3,(H2,10,12). The highest BCUT2D eigenvalue weighted by molar-refractivity contribution is 5.98. The Hall–Kier alpha value is -13.1. The molecule has 8 aromatic heterocycles. The highest BCUT2D eigenvalue weighted by Gasteiger charge is 2.06. The second kappa shape index (κ2) is 31.5. The Labute approximate surface area is 560 Å². The number of nitrogen functional groups attached to an aromatic ring is 9. The molecule has 0 fully saturated rings. The molecule has 8 heterocycles. The highest BCUT2D eigenvalue weighted by Crippen LogP contribution is 2.26. The molecular weight excluding hydrogens is 1210 g/mol. The third-order valence-corrected chi connectivity index (χ3v) is 15.1. The molecule has 0 amide bonds. The first-order chi connectivity index (χ1) is 46.6. The van der Waals surface area contributed by atoms with Gasteiger partial charge >= 0.3 is 0 Å². The third kappa shape index (κ3) is 18.1. The summed E-state index contributed by atoms with van der Waals surface area (Å²) in [6.07, 6.45) is 9.86. The summed E-state index contributed by atoms with van der Waals surface area (Å²) < 4.78 is 0. The Morgan fingerprint density at radius 3 is 1.24 bits per heavy atom. The zero-order valence-electron chi connectivity index (χ0n) is 55.1. The molecule has 97 heavy (non-hydrogen) atoms. The maximum Gasteiger partial charge on any atom is 0.154 e. The molecule has 8 aromatic carbocycles. The first-order valence-corrected chi connectivity index (χ1v) is 30.6. The average molecular weight is 1290 g/mol. The number of anilines is 9. The molecule has 486 valence electrons. The monoisotopic (exact) mass is 1280 g/mol. The molecule has 0 aliphatic rings. The van der Waals surface area contributed by atoms with Crippen LogP contribution in [0.25, 0.3) is 86.6 Å². The van der Waals surface area contributed by atoms with Crippen molar-refractivity contribution in [2.24, 2.45) is 0 Å². The Bertz CT molecular complexity index is 4980. The number of pyridine rings is 3. The summed E-state index contributed by atoms with van der Waals surface area (Å²) >= 11 is 0. The van der Waals surface area contributed by atoms with Crippen LogP contribution in [-0.2, 0) is 0 Å². The van der Waals surface area contributed by atoms with Gasteiger partial charge < -0.3 is 51.6 Å². The lowest BCUT2D eigenvalue weighted by Gasteiger charge is -2.03. The molecule has 0 saturated carbocycles. The fourth-order valence-electron chi connectivity index (χ4n) is 10.00. The Balaban J connectivity index is 0.000000130. The summed E-state index contributed by atoms with van der Waals surface area (Å²) in [6, 6.07) is 56.0. The van der Waals surface area contributed by atoms with Crippen molar-refractivity contribution in [3.8, 4) is 0 Å². The van der Waals surface area contributed by atoms with E-state index in [9.17, 15) is 0 Å². The molecule has 18 N–H and O–H groups in total. The topological polar surface area (TPSA) is 402 Å². The number of hydrogen-bond donors (Lipinski definition) is 9. The van der Waals surface area contributed by atoms with E-state index < -0.39 is 0 Å². The van der Waals surface area contributed by atoms with Crippen molar-refractivity contribution in [1.29, 1.82) is 0 Å². The van der Waals surface area contributed by atoms with Gasteiger partial charge in [-0.25, -0.2) is 34.9 Å². The molecule has 0 spiro atoms. The third-order valence-electron chi connectivity index (χ3n) is 15.1. The molecule has 0 aliphatic carbocycles. The molecule has 0 aliphatic heterocycles. The molecular formula is C75H76N22. The number of fused-ring (bicyclic) bond motifs is 8. The van der Waals surface area contributed by atoms with Crippen LogP contribution in [0.1, 0.15) is 44.5 Å². The van der Waals surface area contributed by atoms with Gasteiger partial charge in [-0.1, -0.05) is 124 Å². The van der Waals surface area contributed by atoms with Gasteiger partial charge in [0.15, 0.2) is 23.3 Å². The van der Waals surface area contributed by atoms with E-state index in [0.717, 1.165) is 92.1 Å². The first-order valence-electron chi connectivity index (χ1n) is 30.6. The summed E-state index contributed by atoms with van der Waals surface area (Å²) in [5.74, 6) is 4.71. The molecule has 16 aromatic rings. The number of nitrogens with zero attached hydrogens (tertiary/aromatic N) is 13. The van der Waals surface area contributed by atoms with E-state index in [-0.39, 0.29) is 0 Å². The minimum Gasteiger partial charge on any atom is -0.384 e. The van der Waals surface area contributed by atoms with E-state index >= 15 is 0 Å². The van der Waals surface area contributed by atoms with Gasteiger partial charge in [-0.15, -0.1) is 20.4 Å². The lowest BCUT2D eigenvalue weighted by molar-refractivity contribution is 1.06. The van der Waals surface area contributed by atoms with Crippen molar-refractivity contribution in [3.05, 3.63) is 252 Å². The maximum absolute atomic E-state index is 5.71. The second-order valence-electron chi connectivity index (χ2n) is 23.0. The summed E-state index contributed by atoms with van der Waals surface area (Å²) in [5.41, 5.74) is 63.2. The van der Waals surface area contributed by atoms with E-state index in [1.54, 1.807) is 24.8 Å². The van der Waals surface area contributed by atoms with E-state index in [1.165, 1.54) is 51.6 Å². The van der Waals surface area contributed by atoms with Crippen LogP contribution in [0, 0.1) is 55.4 Å². The van der Waals surface area contributed by atoms with Crippen molar-refractivity contribution in [2.45, 2.75) is 55.4 Å². The minimum absolute atomic E-state index is 0.421. The van der Waals surface area contributed by atoms with Gasteiger partial charge in [0.2, 0.25) is 0 Å². The predicted octanol–water partition coefficient (Wildman–Crippen LogP) is 13.6. The maximum atomic E-state index is 5.71. The number of aromatic nitrogens is 13. The number of hydrogen-bond acceptors (Lipinski definition) is 22. The summed E-state index contributed by atoms with van der Waals surface area (Å²) in [4.78, 5) is 28.3. The highest BCUT2D eigenvalue weighted by atomic mass is 15.2. The molecule has 0 saturated heterocycles. The van der Waals surface area contributed by atoms with Crippen LogP contribution in [0.3, 0.4) is 0 Å². The quantitative estimate of drug-likeness (QED) is 0.0681. The first kappa shape index (κ1) is 68.3. The molecule has 16 rings (SSSR count). The van der Waals surface area contributed by atoms with Gasteiger partial charge in [0.1, 0.15) is 41.7 Å². The van der Waals surface area contributed by atoms with Crippen LogP contribution >= 0.6 is 0 Å². The minimum atomic E-state index is 0.421. The molecule has 22 heteroatoms. The number of nitrogens with two attached hydrogens (primary N) is 9. The lowest BCUT2D eigenvalue weighted by Crippen LogP contribution is -1.99. The zero-order chi connectivity index (χ0) is 69.3. The Kier molecular flexibility index (Phi) is 22.2. The Morgan fingerprint density at radius 1 is 0.227 bits per heavy atom. The van der Waals surface area contributed by atoms with Gasteiger partial charge in [0.05, 0.1) is 28.9 Å². The van der Waals surface area contributed by atoms with Crippen molar-refractivity contribution in [1.82, 2.24) is 65.5 Å². The fraction of sp³-hybridized carbons (Fsp3) is 0.107. The van der Waals surface area contributed by atoms with Crippen LogP contribution in [0.4, 0.5) is 52.4 Å². The van der Waals surface area contributed by atoms with Gasteiger partial charge in [-0.2, -0.15) is 10.2 Å². The van der Waals surface area contributed by atoms with Crippen molar-refractivity contribution in [2.75, 3.05) is 51.6 Å². The Morgan fingerprint density at radius 2 is 0.608 bits per heavy atom. The largest absolute Gasteiger partial charge is 0.384 e. The zero-order valence-corrected chi connectivity index (χ0v) is 55.1. The summed E-state index contributed by atoms with van der Waals surface area (Å²) in [7, 11) is 0. The average Bonchev–Trinajstić information content (AvgIpc) is 1.03. The normalized spacial score (nSPS) is 10.4. The van der Waals surface area contributed by atoms with Crippen LogP contribution in [0.2, 0.25) is 0 Å². The number of rotatable bonds is 0. The molecule has 0 bridgehead atoms. The molecule has 22 nitrogen and oxygen atoms in total. The van der Waals surface area contributed by atoms with Crippen molar-refractivity contribution < 1.29 is 0 Å². The molecule has 0 radical (unpaired) electrons. The van der Waals surface area contributed by atoms with Gasteiger partial charge in [-0.3, -0.25) is 0 Å². The van der Waals surface area contributed by atoms with E-state index in [0.29, 0.717) is 52.4 Å². The van der Waals surface area contributed by atoms with Crippen molar-refractivity contribution >= 4 is 139 Å². The van der Waals surface area contributed by atoms with E-state index in [1.807, 2.05) is 182 Å².